The number of hydrogen-bond donors (Lipinski definition) is 0. The molecule has 0 saturated heterocycles. The lowest BCUT2D eigenvalue weighted by molar-refractivity contribution is 0.442. The van der Waals surface area contributed by atoms with E-state index in [1.807, 2.05) is 91.9 Å². The molecule has 29 heavy (non-hydrogen) atoms. The molecule has 0 amide bonds. The summed E-state index contributed by atoms with van der Waals surface area (Å²) in [4.78, 5) is 11.7. The maximum atomic E-state index is 6.64. The maximum Gasteiger partial charge on any atom is 0.335 e. The Kier molecular flexibility index (Phi) is 5.30. The molecule has 0 bridgehead atoms. The van der Waals surface area contributed by atoms with Crippen LogP contribution >= 0.6 is 0 Å². The van der Waals surface area contributed by atoms with Gasteiger partial charge in [0.2, 0.25) is 0 Å². The predicted molar refractivity (Wildman–Crippen MR) is 121 cm³/mol. The minimum absolute atomic E-state index is 0.752. The third-order valence-electron chi connectivity index (χ3n) is 4.87. The largest absolute Gasteiger partial charge is 0.689 e. The lowest BCUT2D eigenvalue weighted by Crippen LogP contribution is -2.61. The first-order valence-electron chi connectivity index (χ1n) is 9.69. The molecule has 0 N–H and O–H groups in total. The van der Waals surface area contributed by atoms with E-state index < -0.39 is 6.48 Å². The van der Waals surface area contributed by atoms with Gasteiger partial charge in [-0.25, -0.2) is 0 Å². The first kappa shape index (κ1) is 18.8. The van der Waals surface area contributed by atoms with Crippen LogP contribution < -0.4 is 10.9 Å². The van der Waals surface area contributed by atoms with Gasteiger partial charge in [-0.2, -0.15) is 0 Å². The number of allylic oxidation sites excluding steroid dienone is 2. The Morgan fingerprint density at radius 2 is 1.45 bits per heavy atom. The highest BCUT2D eigenvalue weighted by Crippen LogP contribution is 2.22. The van der Waals surface area contributed by atoms with E-state index >= 15 is 0 Å². The van der Waals surface area contributed by atoms with Crippen molar-refractivity contribution in [2.75, 3.05) is 14.1 Å². The van der Waals surface area contributed by atoms with Crippen LogP contribution in [-0.2, 0) is 4.65 Å². The van der Waals surface area contributed by atoms with Crippen molar-refractivity contribution in [3.8, 4) is 0 Å². The molecule has 2 aromatic carbocycles. The van der Waals surface area contributed by atoms with Crippen molar-refractivity contribution in [3.63, 3.8) is 0 Å². The van der Waals surface area contributed by atoms with Gasteiger partial charge in [-0.1, -0.05) is 66.7 Å². The Hall–Kier alpha value is -3.60. The molecule has 0 saturated carbocycles. The molecule has 144 valence electrons. The molecule has 0 unspecified atom stereocenters. The van der Waals surface area contributed by atoms with E-state index in [9.17, 15) is 0 Å². The average Bonchev–Trinajstić information content (AvgIpc) is 2.79. The average molecular weight is 380 g/mol. The van der Waals surface area contributed by atoms with Gasteiger partial charge in [0.1, 0.15) is 0 Å². The quantitative estimate of drug-likeness (QED) is 0.639. The van der Waals surface area contributed by atoms with Gasteiger partial charge in [-0.3, -0.25) is 4.98 Å². The van der Waals surface area contributed by atoms with Gasteiger partial charge in [-0.05, 0) is 24.3 Å². The summed E-state index contributed by atoms with van der Waals surface area (Å²) in [7, 11) is 3.97. The minimum atomic E-state index is -1.85. The van der Waals surface area contributed by atoms with Crippen LogP contribution in [0.2, 0.25) is 0 Å². The molecule has 2 heterocycles. The van der Waals surface area contributed by atoms with Crippen LogP contribution in [0.25, 0.3) is 0 Å². The lowest BCUT2D eigenvalue weighted by Gasteiger charge is -2.43. The Morgan fingerprint density at radius 1 is 0.828 bits per heavy atom. The van der Waals surface area contributed by atoms with E-state index in [0.29, 0.717) is 0 Å². The highest BCUT2D eigenvalue weighted by atomic mass is 16.5. The first-order valence-corrected chi connectivity index (χ1v) is 9.69. The van der Waals surface area contributed by atoms with Gasteiger partial charge >= 0.3 is 6.48 Å². The van der Waals surface area contributed by atoms with Gasteiger partial charge in [0.15, 0.2) is 0 Å². The Morgan fingerprint density at radius 3 is 2.00 bits per heavy atom. The predicted octanol–water partition coefficient (Wildman–Crippen LogP) is 3.12. The summed E-state index contributed by atoms with van der Waals surface area (Å²) in [5.74, 6) is 0.752. The molecule has 1 aliphatic rings. The standard InChI is InChI=1S/C24H23BN3O/c1-28(2)18-16-22-19-24(23-15-9-10-17-26-23)27-25(29-22,20-11-5-3-6-12-20)21-13-7-4-8-14-21/h3-19H,1-2H3/q-1/b18-16+. The van der Waals surface area contributed by atoms with Crippen molar-refractivity contribution in [3.05, 3.63) is 115 Å². The zero-order valence-corrected chi connectivity index (χ0v) is 16.6. The highest BCUT2D eigenvalue weighted by molar-refractivity contribution is 6.97. The molecule has 0 radical (unpaired) electrons. The summed E-state index contributed by atoms with van der Waals surface area (Å²) in [6.07, 6.45) is 7.69. The summed E-state index contributed by atoms with van der Waals surface area (Å²) >= 11 is 0. The van der Waals surface area contributed by atoms with E-state index in [1.165, 1.54) is 0 Å². The molecule has 0 fully saturated rings. The Bertz CT molecular complexity index is 1010. The van der Waals surface area contributed by atoms with E-state index in [0.717, 1.165) is 28.1 Å². The van der Waals surface area contributed by atoms with Crippen molar-refractivity contribution in [2.24, 2.45) is 4.90 Å². The third-order valence-corrected chi connectivity index (χ3v) is 4.87. The number of pyridine rings is 1. The molecule has 5 heteroatoms. The summed E-state index contributed by atoms with van der Waals surface area (Å²) in [6.45, 7) is -1.85. The topological polar surface area (TPSA) is 37.7 Å². The smallest absolute Gasteiger partial charge is 0.335 e. The summed E-state index contributed by atoms with van der Waals surface area (Å²) in [5.41, 5.74) is 3.68. The van der Waals surface area contributed by atoms with Gasteiger partial charge in [0.05, 0.1) is 11.5 Å². The summed E-state index contributed by atoms with van der Waals surface area (Å²) in [6, 6.07) is 26.3. The molecular formula is C24H23BN3O-. The van der Waals surface area contributed by atoms with Crippen molar-refractivity contribution in [1.29, 1.82) is 0 Å². The van der Waals surface area contributed by atoms with E-state index in [4.69, 9.17) is 9.56 Å². The number of benzene rings is 2. The van der Waals surface area contributed by atoms with Crippen LogP contribution in [0, 0.1) is 0 Å². The fourth-order valence-corrected chi connectivity index (χ4v) is 3.49. The second kappa shape index (κ2) is 8.19. The zero-order valence-electron chi connectivity index (χ0n) is 16.6. The zero-order chi connectivity index (χ0) is 20.1. The summed E-state index contributed by atoms with van der Waals surface area (Å²) in [5, 5.41) is 0. The SMILES string of the molecule is CN(C)/C=C/C1=CC(c2ccccn2)=N[B-](c2ccccc2)(c2ccccc2)O1. The molecular weight excluding hydrogens is 357 g/mol. The number of aromatic nitrogens is 1. The van der Waals surface area contributed by atoms with Gasteiger partial charge in [-0.15, -0.1) is 10.9 Å². The number of nitrogens with zero attached hydrogens (tertiary/aromatic N) is 3. The van der Waals surface area contributed by atoms with Gasteiger partial charge in [0, 0.05) is 32.2 Å². The first-order chi connectivity index (χ1) is 14.2. The van der Waals surface area contributed by atoms with Crippen LogP contribution in [0.5, 0.6) is 0 Å². The molecule has 4 rings (SSSR count). The van der Waals surface area contributed by atoms with Crippen LogP contribution in [0.15, 0.2) is 114 Å². The highest BCUT2D eigenvalue weighted by Gasteiger charge is 2.34. The van der Waals surface area contributed by atoms with Gasteiger partial charge < -0.3 is 14.5 Å². The van der Waals surface area contributed by atoms with Crippen molar-refractivity contribution >= 4 is 23.1 Å². The van der Waals surface area contributed by atoms with E-state index in [2.05, 4.69) is 29.2 Å². The Balaban J connectivity index is 1.94. The molecule has 4 nitrogen and oxygen atoms in total. The lowest BCUT2D eigenvalue weighted by atomic mass is 9.42. The molecule has 3 aromatic rings. The second-order valence-corrected chi connectivity index (χ2v) is 7.24. The van der Waals surface area contributed by atoms with Crippen LogP contribution in [-0.4, -0.2) is 36.2 Å². The number of hydrogen-bond acceptors (Lipinski definition) is 4. The molecule has 1 aliphatic heterocycles. The molecule has 1 aromatic heterocycles. The third kappa shape index (κ3) is 3.99. The van der Waals surface area contributed by atoms with Crippen LogP contribution in [0.4, 0.5) is 0 Å². The maximum absolute atomic E-state index is 6.64. The fraction of sp³-hybridized carbons (Fsp3) is 0.0833. The van der Waals surface area contributed by atoms with Crippen LogP contribution in [0.1, 0.15) is 5.69 Å². The monoisotopic (exact) mass is 380 g/mol. The van der Waals surface area contributed by atoms with Crippen molar-refractivity contribution in [1.82, 2.24) is 9.88 Å². The Labute approximate surface area is 171 Å². The second-order valence-electron chi connectivity index (χ2n) is 7.24. The normalized spacial score (nSPS) is 15.4. The molecule has 0 atom stereocenters. The fourth-order valence-electron chi connectivity index (χ4n) is 3.49. The van der Waals surface area contributed by atoms with Gasteiger partial charge in [0.25, 0.3) is 0 Å². The van der Waals surface area contributed by atoms with Crippen LogP contribution in [0.3, 0.4) is 0 Å². The van der Waals surface area contributed by atoms with Crippen molar-refractivity contribution < 1.29 is 4.65 Å². The molecule has 0 spiro atoms. The van der Waals surface area contributed by atoms with E-state index in [1.54, 1.807) is 6.20 Å². The minimum Gasteiger partial charge on any atom is -0.689 e. The summed E-state index contributed by atoms with van der Waals surface area (Å²) < 4.78 is 6.64. The van der Waals surface area contributed by atoms with E-state index in [-0.39, 0.29) is 0 Å². The van der Waals surface area contributed by atoms with Crippen molar-refractivity contribution in [2.45, 2.75) is 0 Å². The number of rotatable bonds is 5. The molecule has 0 aliphatic carbocycles.